The minimum absolute atomic E-state index is 0.108. The van der Waals surface area contributed by atoms with Crippen LogP contribution in [0.15, 0.2) is 0 Å². The minimum Gasteiger partial charge on any atom is -0.444 e. The summed E-state index contributed by atoms with van der Waals surface area (Å²) in [6.07, 6.45) is 4.55. The molecule has 0 radical (unpaired) electrons. The SMILES string of the molecule is CC(C)(C)OC(=O)N1[C@@H]2CC[C@@H]2N[C@@H]2CC[C@@H]21. The maximum atomic E-state index is 12.3. The van der Waals surface area contributed by atoms with E-state index < -0.39 is 0 Å². The van der Waals surface area contributed by atoms with Gasteiger partial charge in [-0.05, 0) is 46.5 Å². The normalized spacial score (nSPS) is 39.6. The number of carbonyl (C=O) groups is 1. The van der Waals surface area contributed by atoms with Crippen molar-refractivity contribution in [2.75, 3.05) is 0 Å². The summed E-state index contributed by atoms with van der Waals surface area (Å²) < 4.78 is 5.54. The third kappa shape index (κ3) is 1.82. The van der Waals surface area contributed by atoms with Crippen LogP contribution in [0.3, 0.4) is 0 Å². The van der Waals surface area contributed by atoms with E-state index in [-0.39, 0.29) is 11.7 Å². The molecule has 1 amide bonds. The summed E-state index contributed by atoms with van der Waals surface area (Å²) in [7, 11) is 0. The summed E-state index contributed by atoms with van der Waals surface area (Å²) in [6, 6.07) is 1.80. The zero-order valence-corrected chi connectivity index (χ0v) is 10.9. The van der Waals surface area contributed by atoms with E-state index in [0.29, 0.717) is 24.2 Å². The minimum atomic E-state index is -0.388. The van der Waals surface area contributed by atoms with Crippen LogP contribution in [-0.4, -0.2) is 40.8 Å². The molecule has 0 unspecified atom stereocenters. The Bertz CT molecular complexity index is 319. The van der Waals surface area contributed by atoms with Gasteiger partial charge >= 0.3 is 6.09 Å². The molecule has 96 valence electrons. The van der Waals surface area contributed by atoms with E-state index in [1.807, 2.05) is 25.7 Å². The summed E-state index contributed by atoms with van der Waals surface area (Å²) in [5, 5.41) is 3.65. The zero-order valence-electron chi connectivity index (χ0n) is 10.9. The van der Waals surface area contributed by atoms with Crippen LogP contribution in [0.1, 0.15) is 46.5 Å². The summed E-state index contributed by atoms with van der Waals surface area (Å²) in [4.78, 5) is 14.3. The van der Waals surface area contributed by atoms with Crippen molar-refractivity contribution in [2.45, 2.75) is 76.2 Å². The molecule has 17 heavy (non-hydrogen) atoms. The van der Waals surface area contributed by atoms with Gasteiger partial charge in [0.25, 0.3) is 0 Å². The van der Waals surface area contributed by atoms with Crippen molar-refractivity contribution in [2.24, 2.45) is 0 Å². The fraction of sp³-hybridized carbons (Fsp3) is 0.923. The monoisotopic (exact) mass is 238 g/mol. The van der Waals surface area contributed by atoms with Crippen molar-refractivity contribution >= 4 is 6.09 Å². The highest BCUT2D eigenvalue weighted by atomic mass is 16.6. The standard InChI is InChI=1S/C13H22N2O2/c1-13(2,3)17-12(16)15-10-6-4-8(10)14-9-5-7-11(9)15/h8-11,14H,4-7H2,1-3H3/t8-,9+,10+,11-. The van der Waals surface area contributed by atoms with Crippen molar-refractivity contribution in [3.63, 3.8) is 0 Å². The van der Waals surface area contributed by atoms with Crippen molar-refractivity contribution in [3.05, 3.63) is 0 Å². The van der Waals surface area contributed by atoms with E-state index in [1.54, 1.807) is 0 Å². The van der Waals surface area contributed by atoms with Gasteiger partial charge in [0.05, 0.1) is 12.1 Å². The number of amides is 1. The number of fused-ring (bicyclic) bond motifs is 2. The molecule has 1 N–H and O–H groups in total. The number of hydrogen-bond donors (Lipinski definition) is 1. The first-order valence-corrected chi connectivity index (χ1v) is 6.73. The average molecular weight is 238 g/mol. The second kappa shape index (κ2) is 3.61. The van der Waals surface area contributed by atoms with Crippen LogP contribution in [0, 0.1) is 0 Å². The fourth-order valence-electron chi connectivity index (χ4n) is 3.13. The quantitative estimate of drug-likeness (QED) is 0.700. The predicted molar refractivity (Wildman–Crippen MR) is 64.8 cm³/mol. The van der Waals surface area contributed by atoms with Crippen LogP contribution < -0.4 is 5.32 Å². The van der Waals surface area contributed by atoms with E-state index in [1.165, 1.54) is 12.8 Å². The molecule has 0 bridgehead atoms. The Kier molecular flexibility index (Phi) is 2.41. The molecule has 2 saturated carbocycles. The Labute approximate surface area is 103 Å². The fourth-order valence-corrected chi connectivity index (χ4v) is 3.13. The molecule has 4 nitrogen and oxygen atoms in total. The lowest BCUT2D eigenvalue weighted by atomic mass is 9.73. The van der Waals surface area contributed by atoms with Crippen LogP contribution >= 0.6 is 0 Å². The summed E-state index contributed by atoms with van der Waals surface area (Å²) >= 11 is 0. The van der Waals surface area contributed by atoms with Gasteiger partial charge in [-0.2, -0.15) is 0 Å². The molecular formula is C13H22N2O2. The number of piperazine rings is 1. The van der Waals surface area contributed by atoms with Crippen LogP contribution in [-0.2, 0) is 4.74 Å². The van der Waals surface area contributed by atoms with Crippen molar-refractivity contribution in [1.82, 2.24) is 10.2 Å². The van der Waals surface area contributed by atoms with Crippen molar-refractivity contribution in [1.29, 1.82) is 0 Å². The molecule has 1 aliphatic heterocycles. The molecule has 1 saturated heterocycles. The molecule has 0 aromatic heterocycles. The van der Waals surface area contributed by atoms with Gasteiger partial charge in [-0.15, -0.1) is 0 Å². The molecule has 4 atom stereocenters. The molecule has 3 rings (SSSR count). The summed E-state index contributed by atoms with van der Waals surface area (Å²) in [5.41, 5.74) is -0.388. The first-order valence-electron chi connectivity index (χ1n) is 6.73. The lowest BCUT2D eigenvalue weighted by Crippen LogP contribution is -2.75. The predicted octanol–water partition coefficient (Wildman–Crippen LogP) is 1.89. The summed E-state index contributed by atoms with van der Waals surface area (Å²) in [5.74, 6) is 0. The smallest absolute Gasteiger partial charge is 0.410 e. The highest BCUT2D eigenvalue weighted by molar-refractivity contribution is 5.70. The Hall–Kier alpha value is -0.770. The molecule has 0 aromatic carbocycles. The first kappa shape index (κ1) is 11.3. The second-order valence-corrected chi connectivity index (χ2v) is 6.56. The summed E-state index contributed by atoms with van der Waals surface area (Å²) in [6.45, 7) is 5.80. The van der Waals surface area contributed by atoms with Crippen LogP contribution in [0.25, 0.3) is 0 Å². The van der Waals surface area contributed by atoms with Gasteiger partial charge in [0.15, 0.2) is 0 Å². The van der Waals surface area contributed by atoms with E-state index >= 15 is 0 Å². The van der Waals surface area contributed by atoms with E-state index in [4.69, 9.17) is 4.74 Å². The van der Waals surface area contributed by atoms with Crippen molar-refractivity contribution in [3.8, 4) is 0 Å². The van der Waals surface area contributed by atoms with Crippen molar-refractivity contribution < 1.29 is 9.53 Å². The largest absolute Gasteiger partial charge is 0.444 e. The third-order valence-corrected chi connectivity index (χ3v) is 4.22. The van der Waals surface area contributed by atoms with Gasteiger partial charge in [-0.1, -0.05) is 0 Å². The molecule has 0 spiro atoms. The van der Waals surface area contributed by atoms with E-state index in [2.05, 4.69) is 5.32 Å². The van der Waals surface area contributed by atoms with Crippen LogP contribution in [0.4, 0.5) is 4.79 Å². The Morgan fingerprint density at radius 2 is 1.65 bits per heavy atom. The lowest BCUT2D eigenvalue weighted by molar-refractivity contribution is -0.0680. The number of rotatable bonds is 0. The zero-order chi connectivity index (χ0) is 12.2. The molecule has 1 heterocycles. The third-order valence-electron chi connectivity index (χ3n) is 4.22. The number of ether oxygens (including phenoxy) is 1. The average Bonchev–Trinajstić information content (AvgIpc) is 2.09. The number of carbonyl (C=O) groups excluding carboxylic acids is 1. The molecular weight excluding hydrogens is 216 g/mol. The van der Waals surface area contributed by atoms with Gasteiger partial charge in [0.2, 0.25) is 0 Å². The Balaban J connectivity index is 1.73. The molecule has 2 aliphatic carbocycles. The second-order valence-electron chi connectivity index (χ2n) is 6.56. The first-order chi connectivity index (χ1) is 7.96. The Morgan fingerprint density at radius 3 is 2.00 bits per heavy atom. The number of hydrogen-bond acceptors (Lipinski definition) is 3. The van der Waals surface area contributed by atoms with Gasteiger partial charge < -0.3 is 10.1 Å². The maximum Gasteiger partial charge on any atom is 0.410 e. The molecule has 0 aromatic rings. The molecule has 4 heteroatoms. The topological polar surface area (TPSA) is 41.6 Å². The van der Waals surface area contributed by atoms with Gasteiger partial charge in [-0.25, -0.2) is 4.79 Å². The maximum absolute atomic E-state index is 12.3. The van der Waals surface area contributed by atoms with E-state index in [0.717, 1.165) is 12.8 Å². The van der Waals surface area contributed by atoms with Crippen LogP contribution in [0.5, 0.6) is 0 Å². The highest BCUT2D eigenvalue weighted by Crippen LogP contribution is 2.40. The van der Waals surface area contributed by atoms with Gasteiger partial charge in [0, 0.05) is 12.1 Å². The molecule has 3 fully saturated rings. The number of nitrogens with one attached hydrogen (secondary N) is 1. The Morgan fingerprint density at radius 1 is 1.12 bits per heavy atom. The van der Waals surface area contributed by atoms with Gasteiger partial charge in [-0.3, -0.25) is 4.90 Å². The number of nitrogens with zero attached hydrogens (tertiary/aromatic N) is 1. The molecule has 3 aliphatic rings. The lowest BCUT2D eigenvalue weighted by Gasteiger charge is -2.59. The van der Waals surface area contributed by atoms with Crippen LogP contribution in [0.2, 0.25) is 0 Å². The van der Waals surface area contributed by atoms with Gasteiger partial charge in [0.1, 0.15) is 5.60 Å². The van der Waals surface area contributed by atoms with E-state index in [9.17, 15) is 4.79 Å². The highest BCUT2D eigenvalue weighted by Gasteiger charge is 2.53.